The molecule has 0 radical (unpaired) electrons. The van der Waals surface area contributed by atoms with Crippen molar-refractivity contribution in [2.75, 3.05) is 5.32 Å². The van der Waals surface area contributed by atoms with Gasteiger partial charge in [0.15, 0.2) is 0 Å². The topological polar surface area (TPSA) is 70.2 Å². The number of nitrogens with one attached hydrogen (secondary N) is 3. The van der Waals surface area contributed by atoms with Crippen LogP contribution in [0.4, 0.5) is 14.9 Å². The van der Waals surface area contributed by atoms with E-state index in [1.165, 1.54) is 18.2 Å². The molecule has 1 aromatic carbocycles. The summed E-state index contributed by atoms with van der Waals surface area (Å²) in [7, 11) is 0. The number of hydrogen-bond donors (Lipinski definition) is 3. The summed E-state index contributed by atoms with van der Waals surface area (Å²) in [5.74, 6) is -0.621. The minimum atomic E-state index is -0.507. The first-order chi connectivity index (χ1) is 11.0. The monoisotopic (exact) mass is 341 g/mol. The fourth-order valence-electron chi connectivity index (χ4n) is 2.59. The highest BCUT2D eigenvalue weighted by Gasteiger charge is 2.26. The highest BCUT2D eigenvalue weighted by Crippen LogP contribution is 2.19. The van der Waals surface area contributed by atoms with Gasteiger partial charge in [-0.2, -0.15) is 0 Å². The van der Waals surface area contributed by atoms with Crippen LogP contribution in [0.25, 0.3) is 0 Å². The van der Waals surface area contributed by atoms with Crippen LogP contribution in [0, 0.1) is 5.82 Å². The average Bonchev–Trinajstić information content (AvgIpc) is 2.80. The molecule has 1 aromatic rings. The largest absolute Gasteiger partial charge is 0.334 e. The van der Waals surface area contributed by atoms with Crippen molar-refractivity contribution in [2.24, 2.45) is 0 Å². The Hall–Kier alpha value is -1.82. The smallest absolute Gasteiger partial charge is 0.315 e. The number of halogens is 2. The average molecular weight is 342 g/mol. The van der Waals surface area contributed by atoms with E-state index in [4.69, 9.17) is 11.6 Å². The molecule has 2 rings (SSSR count). The predicted octanol–water partition coefficient (Wildman–Crippen LogP) is 3.44. The van der Waals surface area contributed by atoms with Crippen molar-refractivity contribution in [1.29, 1.82) is 0 Å². The van der Waals surface area contributed by atoms with E-state index in [-0.39, 0.29) is 29.0 Å². The molecule has 126 valence electrons. The van der Waals surface area contributed by atoms with Crippen LogP contribution in [-0.4, -0.2) is 24.0 Å². The van der Waals surface area contributed by atoms with Crippen LogP contribution in [0.2, 0.25) is 5.02 Å². The molecule has 0 aromatic heterocycles. The molecule has 1 saturated heterocycles. The van der Waals surface area contributed by atoms with Crippen molar-refractivity contribution < 1.29 is 14.0 Å². The van der Waals surface area contributed by atoms with Crippen LogP contribution >= 0.6 is 11.6 Å². The molecule has 2 atom stereocenters. The lowest BCUT2D eigenvalue weighted by Crippen LogP contribution is -2.30. The Morgan fingerprint density at radius 2 is 2.09 bits per heavy atom. The number of rotatable bonds is 7. The Balaban J connectivity index is 1.61. The lowest BCUT2D eigenvalue weighted by molar-refractivity contribution is -0.116. The number of benzene rings is 1. The second kappa shape index (κ2) is 8.15. The second-order valence-corrected chi connectivity index (χ2v) is 6.20. The third-order valence-corrected chi connectivity index (χ3v) is 4.19. The van der Waals surface area contributed by atoms with Gasteiger partial charge in [0.05, 0.1) is 11.1 Å². The molecule has 0 bridgehead atoms. The Labute approximate surface area is 140 Å². The third kappa shape index (κ3) is 5.39. The molecule has 1 heterocycles. The van der Waals surface area contributed by atoms with Gasteiger partial charge >= 0.3 is 6.03 Å². The van der Waals surface area contributed by atoms with E-state index in [2.05, 4.69) is 16.0 Å². The molecular weight excluding hydrogens is 321 g/mol. The highest BCUT2D eigenvalue weighted by molar-refractivity contribution is 6.31. The first kappa shape index (κ1) is 17.5. The van der Waals surface area contributed by atoms with Gasteiger partial charge in [0, 0.05) is 18.2 Å². The van der Waals surface area contributed by atoms with E-state index < -0.39 is 5.82 Å². The maximum absolute atomic E-state index is 13.0. The molecule has 0 unspecified atom stereocenters. The number of unbranched alkanes of at least 4 members (excludes halogenated alkanes) is 2. The Morgan fingerprint density at radius 1 is 1.30 bits per heavy atom. The Morgan fingerprint density at radius 3 is 2.74 bits per heavy atom. The van der Waals surface area contributed by atoms with E-state index in [9.17, 15) is 14.0 Å². The van der Waals surface area contributed by atoms with Gasteiger partial charge in [0.25, 0.3) is 0 Å². The van der Waals surface area contributed by atoms with E-state index in [1.54, 1.807) is 0 Å². The molecule has 1 fully saturated rings. The minimum Gasteiger partial charge on any atom is -0.334 e. The lowest BCUT2D eigenvalue weighted by atomic mass is 10.0. The van der Waals surface area contributed by atoms with Gasteiger partial charge in [-0.05, 0) is 38.0 Å². The molecule has 1 aliphatic rings. The molecule has 3 N–H and O–H groups in total. The van der Waals surface area contributed by atoms with E-state index in [0.717, 1.165) is 25.7 Å². The van der Waals surface area contributed by atoms with Gasteiger partial charge in [-0.1, -0.05) is 24.4 Å². The van der Waals surface area contributed by atoms with Gasteiger partial charge in [-0.3, -0.25) is 4.79 Å². The van der Waals surface area contributed by atoms with Crippen molar-refractivity contribution in [3.8, 4) is 0 Å². The van der Waals surface area contributed by atoms with Crippen molar-refractivity contribution >= 4 is 29.2 Å². The number of urea groups is 1. The summed E-state index contributed by atoms with van der Waals surface area (Å²) in [6, 6.07) is 4.30. The molecular formula is C16H21ClFN3O2. The fourth-order valence-corrected chi connectivity index (χ4v) is 2.77. The maximum atomic E-state index is 13.0. The highest BCUT2D eigenvalue weighted by atomic mass is 35.5. The maximum Gasteiger partial charge on any atom is 0.315 e. The summed E-state index contributed by atoms with van der Waals surface area (Å²) in [5.41, 5.74) is 0.495. The number of carbonyl (C=O) groups excluding carboxylic acids is 2. The number of hydrogen-bond acceptors (Lipinski definition) is 2. The molecule has 0 aliphatic carbocycles. The first-order valence-electron chi connectivity index (χ1n) is 7.77. The Bertz CT molecular complexity index is 582. The quantitative estimate of drug-likeness (QED) is 0.665. The summed E-state index contributed by atoms with van der Waals surface area (Å²) in [6.45, 7) is 1.98. The zero-order valence-corrected chi connectivity index (χ0v) is 13.8. The van der Waals surface area contributed by atoms with Crippen molar-refractivity contribution in [2.45, 2.75) is 51.1 Å². The van der Waals surface area contributed by atoms with Gasteiger partial charge in [0.2, 0.25) is 5.91 Å². The lowest BCUT2D eigenvalue weighted by Gasteiger charge is -2.13. The van der Waals surface area contributed by atoms with Crippen LogP contribution < -0.4 is 16.0 Å². The van der Waals surface area contributed by atoms with Gasteiger partial charge in [0.1, 0.15) is 5.82 Å². The predicted molar refractivity (Wildman–Crippen MR) is 88.0 cm³/mol. The fraction of sp³-hybridized carbons (Fsp3) is 0.500. The Kier molecular flexibility index (Phi) is 6.21. The zero-order valence-electron chi connectivity index (χ0n) is 13.0. The molecule has 0 saturated carbocycles. The summed E-state index contributed by atoms with van der Waals surface area (Å²) in [5, 5.41) is 8.37. The molecule has 1 aliphatic heterocycles. The number of amides is 3. The van der Waals surface area contributed by atoms with Gasteiger partial charge < -0.3 is 16.0 Å². The van der Waals surface area contributed by atoms with Crippen molar-refractivity contribution in [3.05, 3.63) is 29.0 Å². The summed E-state index contributed by atoms with van der Waals surface area (Å²) in [6.07, 6.45) is 3.93. The first-order valence-corrected chi connectivity index (χ1v) is 8.15. The van der Waals surface area contributed by atoms with Crippen LogP contribution in [0.15, 0.2) is 18.2 Å². The zero-order chi connectivity index (χ0) is 16.8. The van der Waals surface area contributed by atoms with E-state index in [0.29, 0.717) is 12.1 Å². The molecule has 5 nitrogen and oxygen atoms in total. The molecule has 23 heavy (non-hydrogen) atoms. The van der Waals surface area contributed by atoms with Crippen LogP contribution in [0.3, 0.4) is 0 Å². The molecule has 0 spiro atoms. The van der Waals surface area contributed by atoms with Crippen molar-refractivity contribution in [3.63, 3.8) is 0 Å². The summed E-state index contributed by atoms with van der Waals surface area (Å²) >= 11 is 5.67. The normalized spacial score (nSPS) is 20.0. The molecule has 3 amide bonds. The summed E-state index contributed by atoms with van der Waals surface area (Å²) in [4.78, 5) is 23.0. The molecule has 7 heteroatoms. The standard InChI is InChI=1S/C16H21ClFN3O2/c1-10-14(21-16(23)19-10)5-3-2-4-6-15(22)20-11-7-8-13(18)12(17)9-11/h7-10,14H,2-6H2,1H3,(H,20,22)(H2,19,21,23)/t10-,14+/m0/s1. The van der Waals surface area contributed by atoms with E-state index >= 15 is 0 Å². The van der Waals surface area contributed by atoms with Gasteiger partial charge in [-0.25, -0.2) is 9.18 Å². The van der Waals surface area contributed by atoms with Crippen LogP contribution in [-0.2, 0) is 4.79 Å². The van der Waals surface area contributed by atoms with E-state index in [1.807, 2.05) is 6.92 Å². The summed E-state index contributed by atoms with van der Waals surface area (Å²) < 4.78 is 13.0. The third-order valence-electron chi connectivity index (χ3n) is 3.90. The number of carbonyl (C=O) groups is 2. The second-order valence-electron chi connectivity index (χ2n) is 5.79. The van der Waals surface area contributed by atoms with Crippen LogP contribution in [0.1, 0.15) is 39.0 Å². The SMILES string of the molecule is C[C@@H]1NC(=O)N[C@@H]1CCCCCC(=O)Nc1ccc(F)c(Cl)c1. The van der Waals surface area contributed by atoms with Crippen molar-refractivity contribution in [1.82, 2.24) is 10.6 Å². The minimum absolute atomic E-state index is 0.0101. The van der Waals surface area contributed by atoms with Gasteiger partial charge in [-0.15, -0.1) is 0 Å². The van der Waals surface area contributed by atoms with Crippen LogP contribution in [0.5, 0.6) is 0 Å². The number of anilines is 1.